The van der Waals surface area contributed by atoms with E-state index in [2.05, 4.69) is 21.2 Å². The highest BCUT2D eigenvalue weighted by Gasteiger charge is 2.46. The molecule has 0 aromatic heterocycles. The lowest BCUT2D eigenvalue weighted by Crippen LogP contribution is -2.54. The number of carbonyl (C=O) groups is 4. The van der Waals surface area contributed by atoms with E-state index in [9.17, 15) is 27.6 Å². The number of fused-ring (bicyclic) bond motifs is 1. The van der Waals surface area contributed by atoms with Gasteiger partial charge in [0.2, 0.25) is 11.8 Å². The number of piperidine rings is 1. The lowest BCUT2D eigenvalue weighted by Gasteiger charge is -2.27. The van der Waals surface area contributed by atoms with Crippen molar-refractivity contribution in [2.45, 2.75) is 36.6 Å². The summed E-state index contributed by atoms with van der Waals surface area (Å²) in [6.45, 7) is 0. The molecule has 1 N–H and O–H groups in total. The van der Waals surface area contributed by atoms with E-state index in [0.717, 1.165) is 4.90 Å². The van der Waals surface area contributed by atoms with E-state index in [1.165, 1.54) is 18.2 Å². The second-order valence-electron chi connectivity index (χ2n) is 6.34. The normalized spacial score (nSPS) is 20.0. The highest BCUT2D eigenvalue weighted by Crippen LogP contribution is 2.32. The van der Waals surface area contributed by atoms with Crippen molar-refractivity contribution in [3.63, 3.8) is 0 Å². The third kappa shape index (κ3) is 3.55. The third-order valence-corrected chi connectivity index (χ3v) is 6.96. The Morgan fingerprint density at radius 3 is 2.52 bits per heavy atom. The molecule has 0 radical (unpaired) electrons. The number of imide groups is 2. The van der Waals surface area contributed by atoms with Crippen LogP contribution in [0.4, 0.5) is 0 Å². The SMILES string of the molecule is O=C1CCC(N2C(=O)c3cccc(S(=O)(=O)CCCCBr)c3C2=O)C(=O)N1. The summed E-state index contributed by atoms with van der Waals surface area (Å²) < 4.78 is 25.4. The van der Waals surface area contributed by atoms with Crippen molar-refractivity contribution >= 4 is 49.4 Å². The predicted octanol–water partition coefficient (Wildman–Crippen LogP) is 1.04. The molecule has 2 heterocycles. The fourth-order valence-electron chi connectivity index (χ4n) is 3.24. The van der Waals surface area contributed by atoms with Crippen molar-refractivity contribution in [2.75, 3.05) is 11.1 Å². The zero-order chi connectivity index (χ0) is 19.8. The lowest BCUT2D eigenvalue weighted by atomic mass is 10.0. The maximum atomic E-state index is 12.9. The molecular weight excluding hydrogens is 440 g/mol. The van der Waals surface area contributed by atoms with Gasteiger partial charge in [-0.2, -0.15) is 0 Å². The van der Waals surface area contributed by atoms with Crippen LogP contribution in [0.15, 0.2) is 23.1 Å². The summed E-state index contributed by atoms with van der Waals surface area (Å²) in [6.07, 6.45) is 1.09. The van der Waals surface area contributed by atoms with Crippen LogP contribution in [0, 0.1) is 0 Å². The van der Waals surface area contributed by atoms with E-state index in [1.54, 1.807) is 0 Å². The molecule has 8 nitrogen and oxygen atoms in total. The number of hydrogen-bond acceptors (Lipinski definition) is 6. The summed E-state index contributed by atoms with van der Waals surface area (Å²) in [5, 5.41) is 2.77. The number of hydrogen-bond donors (Lipinski definition) is 1. The van der Waals surface area contributed by atoms with Crippen LogP contribution in [0.5, 0.6) is 0 Å². The van der Waals surface area contributed by atoms with E-state index in [-0.39, 0.29) is 34.6 Å². The van der Waals surface area contributed by atoms with Crippen molar-refractivity contribution < 1.29 is 27.6 Å². The quantitative estimate of drug-likeness (QED) is 0.388. The molecule has 1 unspecified atom stereocenters. The molecule has 27 heavy (non-hydrogen) atoms. The Bertz CT molecular complexity index is 943. The average molecular weight is 457 g/mol. The first-order valence-electron chi connectivity index (χ1n) is 8.41. The molecule has 3 rings (SSSR count). The summed E-state index contributed by atoms with van der Waals surface area (Å²) in [5.74, 6) is -2.88. The van der Waals surface area contributed by atoms with Crippen LogP contribution in [-0.4, -0.2) is 54.1 Å². The monoisotopic (exact) mass is 456 g/mol. The van der Waals surface area contributed by atoms with Gasteiger partial charge in [0.1, 0.15) is 6.04 Å². The number of amides is 4. The first-order valence-corrected chi connectivity index (χ1v) is 11.2. The fourth-order valence-corrected chi connectivity index (χ4v) is 5.23. The van der Waals surface area contributed by atoms with Gasteiger partial charge in [-0.1, -0.05) is 22.0 Å². The van der Waals surface area contributed by atoms with Gasteiger partial charge < -0.3 is 0 Å². The van der Waals surface area contributed by atoms with Gasteiger partial charge in [-0.25, -0.2) is 8.42 Å². The standard InChI is InChI=1S/C17H17BrN2O6S/c18-8-1-2-9-27(25,26)12-5-3-4-10-14(12)17(24)20(16(10)23)11-6-7-13(21)19-15(11)22/h3-5,11H,1-2,6-9H2,(H,19,21,22). The van der Waals surface area contributed by atoms with Crippen LogP contribution < -0.4 is 5.32 Å². The Labute approximate surface area is 164 Å². The van der Waals surface area contributed by atoms with Crippen LogP contribution in [0.2, 0.25) is 0 Å². The van der Waals surface area contributed by atoms with Crippen molar-refractivity contribution in [1.29, 1.82) is 0 Å². The average Bonchev–Trinajstić information content (AvgIpc) is 2.87. The maximum absolute atomic E-state index is 12.9. The maximum Gasteiger partial charge on any atom is 0.263 e. The van der Waals surface area contributed by atoms with Gasteiger partial charge in [0.25, 0.3) is 11.8 Å². The molecule has 4 amide bonds. The first kappa shape index (κ1) is 19.7. The van der Waals surface area contributed by atoms with Gasteiger partial charge in [-0.3, -0.25) is 29.4 Å². The molecule has 1 aromatic rings. The number of benzene rings is 1. The van der Waals surface area contributed by atoms with Gasteiger partial charge in [0, 0.05) is 11.8 Å². The zero-order valence-electron chi connectivity index (χ0n) is 14.2. The number of halogens is 1. The second-order valence-corrected chi connectivity index (χ2v) is 9.21. The summed E-state index contributed by atoms with van der Waals surface area (Å²) in [4.78, 5) is 49.6. The van der Waals surface area contributed by atoms with Crippen LogP contribution in [-0.2, 0) is 19.4 Å². The number of rotatable bonds is 6. The van der Waals surface area contributed by atoms with Gasteiger partial charge >= 0.3 is 0 Å². The van der Waals surface area contributed by atoms with E-state index in [4.69, 9.17) is 0 Å². The summed E-state index contributed by atoms with van der Waals surface area (Å²) in [7, 11) is -3.77. The minimum atomic E-state index is -3.77. The largest absolute Gasteiger partial charge is 0.295 e. The van der Waals surface area contributed by atoms with Gasteiger partial charge in [-0.05, 0) is 31.4 Å². The van der Waals surface area contributed by atoms with Crippen molar-refractivity contribution in [1.82, 2.24) is 10.2 Å². The molecule has 10 heteroatoms. The molecule has 1 aromatic carbocycles. The molecule has 2 aliphatic heterocycles. The van der Waals surface area contributed by atoms with Crippen LogP contribution >= 0.6 is 15.9 Å². The Kier molecular flexibility index (Phi) is 5.48. The van der Waals surface area contributed by atoms with Gasteiger partial charge in [-0.15, -0.1) is 0 Å². The molecular formula is C17H17BrN2O6S. The second kappa shape index (κ2) is 7.51. The zero-order valence-corrected chi connectivity index (χ0v) is 16.6. The Balaban J connectivity index is 1.97. The molecule has 1 atom stereocenters. The van der Waals surface area contributed by atoms with E-state index >= 15 is 0 Å². The number of nitrogens with one attached hydrogen (secondary N) is 1. The molecule has 1 saturated heterocycles. The highest BCUT2D eigenvalue weighted by atomic mass is 79.9. The van der Waals surface area contributed by atoms with Crippen LogP contribution in [0.3, 0.4) is 0 Å². The Morgan fingerprint density at radius 2 is 1.85 bits per heavy atom. The minimum absolute atomic E-state index is 0.00150. The van der Waals surface area contributed by atoms with Crippen molar-refractivity contribution in [3.05, 3.63) is 29.3 Å². The van der Waals surface area contributed by atoms with Crippen LogP contribution in [0.25, 0.3) is 0 Å². The molecule has 0 bridgehead atoms. The lowest BCUT2D eigenvalue weighted by molar-refractivity contribution is -0.136. The summed E-state index contributed by atoms with van der Waals surface area (Å²) in [5.41, 5.74) is -0.225. The predicted molar refractivity (Wildman–Crippen MR) is 98.2 cm³/mol. The van der Waals surface area contributed by atoms with Crippen molar-refractivity contribution in [2.24, 2.45) is 0 Å². The number of carbonyl (C=O) groups excluding carboxylic acids is 4. The van der Waals surface area contributed by atoms with Gasteiger partial charge in [0.15, 0.2) is 9.84 Å². The van der Waals surface area contributed by atoms with Crippen molar-refractivity contribution in [3.8, 4) is 0 Å². The Morgan fingerprint density at radius 1 is 1.11 bits per heavy atom. The highest BCUT2D eigenvalue weighted by molar-refractivity contribution is 9.09. The third-order valence-electron chi connectivity index (χ3n) is 4.56. The minimum Gasteiger partial charge on any atom is -0.295 e. The molecule has 0 saturated carbocycles. The number of nitrogens with zero attached hydrogens (tertiary/aromatic N) is 1. The molecule has 0 spiro atoms. The Hall–Kier alpha value is -2.07. The number of unbranched alkanes of at least 4 members (excludes halogenated alkanes) is 1. The molecule has 1 fully saturated rings. The van der Waals surface area contributed by atoms with E-state index in [1.807, 2.05) is 0 Å². The molecule has 2 aliphatic rings. The first-order chi connectivity index (χ1) is 12.8. The summed E-state index contributed by atoms with van der Waals surface area (Å²) in [6, 6.07) is 2.97. The number of sulfone groups is 1. The molecule has 144 valence electrons. The van der Waals surface area contributed by atoms with Gasteiger partial charge in [0.05, 0.1) is 21.8 Å². The van der Waals surface area contributed by atoms with Crippen LogP contribution in [0.1, 0.15) is 46.4 Å². The molecule has 0 aliphatic carbocycles. The topological polar surface area (TPSA) is 118 Å². The smallest absolute Gasteiger partial charge is 0.263 e. The van der Waals surface area contributed by atoms with E-state index < -0.39 is 39.5 Å². The van der Waals surface area contributed by atoms with E-state index in [0.29, 0.717) is 18.2 Å². The summed E-state index contributed by atoms with van der Waals surface area (Å²) >= 11 is 3.24. The number of alkyl halides is 1. The fraction of sp³-hybridized carbons (Fsp3) is 0.412.